The Morgan fingerprint density at radius 2 is 2.00 bits per heavy atom. The topological polar surface area (TPSA) is 33.1 Å². The van der Waals surface area contributed by atoms with E-state index in [1.807, 2.05) is 30.3 Å². The van der Waals surface area contributed by atoms with Gasteiger partial charge in [0, 0.05) is 6.20 Å². The zero-order valence-electron chi connectivity index (χ0n) is 6.57. The SMILES string of the molecule is OBc1ccnc2ccccc12. The normalized spacial score (nSPS) is 10.1. The Kier molecular flexibility index (Phi) is 1.80. The molecule has 0 aliphatic carbocycles. The number of fused-ring (bicyclic) bond motifs is 1. The van der Waals surface area contributed by atoms with E-state index >= 15 is 0 Å². The van der Waals surface area contributed by atoms with E-state index in [0.717, 1.165) is 16.4 Å². The Balaban J connectivity index is 2.79. The lowest BCUT2D eigenvalue weighted by atomic mass is 9.86. The molecular weight excluding hydrogens is 149 g/mol. The molecule has 12 heavy (non-hydrogen) atoms. The van der Waals surface area contributed by atoms with Gasteiger partial charge in [-0.05, 0) is 23.0 Å². The van der Waals surface area contributed by atoms with Crippen LogP contribution in [-0.4, -0.2) is 17.5 Å². The van der Waals surface area contributed by atoms with Gasteiger partial charge in [0.05, 0.1) is 5.52 Å². The molecular formula is C9H8BNO. The van der Waals surface area contributed by atoms with Crippen LogP contribution in [0.2, 0.25) is 0 Å². The Hall–Kier alpha value is -1.35. The van der Waals surface area contributed by atoms with E-state index in [-0.39, 0.29) is 7.48 Å². The van der Waals surface area contributed by atoms with E-state index in [1.54, 1.807) is 6.20 Å². The lowest BCUT2D eigenvalue weighted by Gasteiger charge is -1.99. The molecule has 0 atom stereocenters. The van der Waals surface area contributed by atoms with Gasteiger partial charge in [-0.25, -0.2) is 0 Å². The largest absolute Gasteiger partial charge is 0.449 e. The summed E-state index contributed by atoms with van der Waals surface area (Å²) >= 11 is 0. The maximum Gasteiger partial charge on any atom is 0.305 e. The van der Waals surface area contributed by atoms with Crippen molar-refractivity contribution < 1.29 is 5.02 Å². The molecule has 0 fully saturated rings. The van der Waals surface area contributed by atoms with Crippen LogP contribution in [0, 0.1) is 0 Å². The minimum absolute atomic E-state index is 0.0725. The standard InChI is InChI=1S/C9H8BNO/c12-10-8-5-6-11-9-4-2-1-3-7(8)9/h1-6,10,12H. The molecule has 1 aromatic carbocycles. The van der Waals surface area contributed by atoms with Crippen molar-refractivity contribution in [3.8, 4) is 0 Å². The van der Waals surface area contributed by atoms with Gasteiger partial charge in [0.25, 0.3) is 0 Å². The van der Waals surface area contributed by atoms with Gasteiger partial charge in [-0.1, -0.05) is 18.2 Å². The average Bonchev–Trinajstić information content (AvgIpc) is 2.17. The summed E-state index contributed by atoms with van der Waals surface area (Å²) in [7, 11) is 0.0725. The van der Waals surface area contributed by atoms with Crippen LogP contribution in [0.25, 0.3) is 10.9 Å². The van der Waals surface area contributed by atoms with Gasteiger partial charge in [0.2, 0.25) is 0 Å². The van der Waals surface area contributed by atoms with Crippen LogP contribution in [-0.2, 0) is 0 Å². The third-order valence-corrected chi connectivity index (χ3v) is 1.91. The Bertz CT molecular complexity index is 397. The molecule has 2 nitrogen and oxygen atoms in total. The van der Waals surface area contributed by atoms with Crippen LogP contribution in [0.15, 0.2) is 36.5 Å². The van der Waals surface area contributed by atoms with E-state index in [2.05, 4.69) is 4.98 Å². The molecule has 2 rings (SSSR count). The predicted octanol–water partition coefficient (Wildman–Crippen LogP) is 0.204. The maximum atomic E-state index is 9.01. The first-order valence-corrected chi connectivity index (χ1v) is 3.85. The van der Waals surface area contributed by atoms with Crippen molar-refractivity contribution in [1.29, 1.82) is 0 Å². The van der Waals surface area contributed by atoms with Crippen LogP contribution < -0.4 is 5.46 Å². The molecule has 1 heterocycles. The Morgan fingerprint density at radius 1 is 1.17 bits per heavy atom. The summed E-state index contributed by atoms with van der Waals surface area (Å²) < 4.78 is 0. The zero-order valence-corrected chi connectivity index (χ0v) is 6.57. The highest BCUT2D eigenvalue weighted by molar-refractivity contribution is 6.49. The number of para-hydroxylation sites is 1. The number of nitrogens with zero attached hydrogens (tertiary/aromatic N) is 1. The Labute approximate surface area is 71.1 Å². The monoisotopic (exact) mass is 157 g/mol. The van der Waals surface area contributed by atoms with Gasteiger partial charge in [-0.3, -0.25) is 4.98 Å². The maximum absolute atomic E-state index is 9.01. The fraction of sp³-hybridized carbons (Fsp3) is 0. The number of pyridine rings is 1. The van der Waals surface area contributed by atoms with Gasteiger partial charge in [-0.2, -0.15) is 0 Å². The van der Waals surface area contributed by atoms with Gasteiger partial charge in [-0.15, -0.1) is 0 Å². The van der Waals surface area contributed by atoms with Crippen molar-refractivity contribution in [1.82, 2.24) is 4.98 Å². The summed E-state index contributed by atoms with van der Waals surface area (Å²) in [6.07, 6.45) is 1.72. The molecule has 3 heteroatoms. The molecule has 0 amide bonds. The van der Waals surface area contributed by atoms with E-state index in [0.29, 0.717) is 0 Å². The first-order valence-electron chi connectivity index (χ1n) is 3.85. The number of rotatable bonds is 1. The highest BCUT2D eigenvalue weighted by atomic mass is 16.2. The average molecular weight is 157 g/mol. The number of benzene rings is 1. The molecule has 1 N–H and O–H groups in total. The fourth-order valence-corrected chi connectivity index (χ4v) is 1.29. The van der Waals surface area contributed by atoms with Crippen LogP contribution in [0.5, 0.6) is 0 Å². The van der Waals surface area contributed by atoms with Crippen LogP contribution in [0.3, 0.4) is 0 Å². The van der Waals surface area contributed by atoms with Crippen molar-refractivity contribution in [3.05, 3.63) is 36.5 Å². The molecule has 58 valence electrons. The zero-order chi connectivity index (χ0) is 8.39. The van der Waals surface area contributed by atoms with Crippen molar-refractivity contribution in [2.75, 3.05) is 0 Å². The third-order valence-electron chi connectivity index (χ3n) is 1.91. The van der Waals surface area contributed by atoms with Gasteiger partial charge in [0.1, 0.15) is 0 Å². The van der Waals surface area contributed by atoms with Gasteiger partial charge in [0.15, 0.2) is 0 Å². The molecule has 0 saturated heterocycles. The molecule has 0 saturated carbocycles. The molecule has 0 unspecified atom stereocenters. The van der Waals surface area contributed by atoms with Crippen molar-refractivity contribution in [2.45, 2.75) is 0 Å². The van der Waals surface area contributed by atoms with E-state index in [9.17, 15) is 0 Å². The fourth-order valence-electron chi connectivity index (χ4n) is 1.29. The third kappa shape index (κ3) is 1.08. The van der Waals surface area contributed by atoms with Crippen molar-refractivity contribution in [3.63, 3.8) is 0 Å². The molecule has 0 spiro atoms. The molecule has 0 radical (unpaired) electrons. The van der Waals surface area contributed by atoms with Crippen molar-refractivity contribution in [2.24, 2.45) is 0 Å². The van der Waals surface area contributed by atoms with Gasteiger partial charge < -0.3 is 5.02 Å². The van der Waals surface area contributed by atoms with Crippen LogP contribution >= 0.6 is 0 Å². The van der Waals surface area contributed by atoms with Crippen LogP contribution in [0.4, 0.5) is 0 Å². The molecule has 0 bridgehead atoms. The van der Waals surface area contributed by atoms with E-state index < -0.39 is 0 Å². The van der Waals surface area contributed by atoms with Crippen LogP contribution in [0.1, 0.15) is 0 Å². The summed E-state index contributed by atoms with van der Waals surface area (Å²) in [6, 6.07) is 9.63. The summed E-state index contributed by atoms with van der Waals surface area (Å²) in [5, 5.41) is 10.0. The summed E-state index contributed by atoms with van der Waals surface area (Å²) in [4.78, 5) is 4.18. The number of hydrogen-bond acceptors (Lipinski definition) is 2. The van der Waals surface area contributed by atoms with Gasteiger partial charge >= 0.3 is 7.48 Å². The second-order valence-corrected chi connectivity index (χ2v) is 2.65. The minimum Gasteiger partial charge on any atom is -0.449 e. The Morgan fingerprint density at radius 3 is 2.83 bits per heavy atom. The lowest BCUT2D eigenvalue weighted by Crippen LogP contribution is -2.14. The molecule has 2 aromatic rings. The summed E-state index contributed by atoms with van der Waals surface area (Å²) in [5.41, 5.74) is 1.87. The summed E-state index contributed by atoms with van der Waals surface area (Å²) in [5.74, 6) is 0. The van der Waals surface area contributed by atoms with E-state index in [4.69, 9.17) is 5.02 Å². The molecule has 1 aromatic heterocycles. The van der Waals surface area contributed by atoms with Crippen molar-refractivity contribution >= 4 is 23.8 Å². The highest BCUT2D eigenvalue weighted by Gasteiger charge is 1.99. The molecule has 0 aliphatic rings. The summed E-state index contributed by atoms with van der Waals surface area (Å²) in [6.45, 7) is 0. The number of hydrogen-bond donors (Lipinski definition) is 1. The smallest absolute Gasteiger partial charge is 0.305 e. The lowest BCUT2D eigenvalue weighted by molar-refractivity contribution is 0.615. The van der Waals surface area contributed by atoms with E-state index in [1.165, 1.54) is 0 Å². The highest BCUT2D eigenvalue weighted by Crippen LogP contribution is 2.06. The quantitative estimate of drug-likeness (QED) is 0.600. The minimum atomic E-state index is 0.0725. The second kappa shape index (κ2) is 2.95. The second-order valence-electron chi connectivity index (χ2n) is 2.65. The molecule has 0 aliphatic heterocycles. The first kappa shape index (κ1) is 7.31. The predicted molar refractivity (Wildman–Crippen MR) is 50.7 cm³/mol. The first-order chi connectivity index (χ1) is 5.92. The number of aromatic nitrogens is 1.